The molecule has 0 saturated carbocycles. The second-order valence-electron chi connectivity index (χ2n) is 7.53. The van der Waals surface area contributed by atoms with Crippen LogP contribution in [0, 0.1) is 5.92 Å². The lowest BCUT2D eigenvalue weighted by Crippen LogP contribution is -2.29. The highest BCUT2D eigenvalue weighted by Gasteiger charge is 2.33. The number of unbranched alkanes of at least 4 members (excludes halogenated alkanes) is 2. The van der Waals surface area contributed by atoms with Crippen LogP contribution in [-0.4, -0.2) is 42.9 Å². The first kappa shape index (κ1) is 18.7. The number of likely N-dealkylation sites (tertiary alicyclic amines) is 1. The van der Waals surface area contributed by atoms with Crippen LogP contribution in [0.2, 0.25) is 0 Å². The Bertz CT molecular complexity index is 608. The molecule has 5 heteroatoms. The Morgan fingerprint density at radius 3 is 2.54 bits per heavy atom. The fourth-order valence-corrected chi connectivity index (χ4v) is 3.87. The zero-order valence-electron chi connectivity index (χ0n) is 15.9. The third kappa shape index (κ3) is 4.77. The molecule has 1 aromatic carbocycles. The van der Waals surface area contributed by atoms with Crippen molar-refractivity contribution in [3.63, 3.8) is 0 Å². The van der Waals surface area contributed by atoms with E-state index in [0.717, 1.165) is 44.6 Å². The first-order valence-corrected chi connectivity index (χ1v) is 10.1. The highest BCUT2D eigenvalue weighted by molar-refractivity contribution is 5.97. The number of benzene rings is 1. The van der Waals surface area contributed by atoms with E-state index in [-0.39, 0.29) is 17.7 Å². The van der Waals surface area contributed by atoms with Crippen molar-refractivity contribution in [2.75, 3.05) is 36.4 Å². The van der Waals surface area contributed by atoms with E-state index in [9.17, 15) is 9.59 Å². The van der Waals surface area contributed by atoms with Gasteiger partial charge < -0.3 is 15.1 Å². The Hall–Kier alpha value is -2.04. The van der Waals surface area contributed by atoms with E-state index in [0.29, 0.717) is 13.0 Å². The fourth-order valence-electron chi connectivity index (χ4n) is 3.87. The lowest BCUT2D eigenvalue weighted by atomic mass is 10.1. The van der Waals surface area contributed by atoms with Crippen molar-refractivity contribution < 1.29 is 9.59 Å². The molecule has 1 N–H and O–H groups in total. The van der Waals surface area contributed by atoms with E-state index < -0.39 is 0 Å². The zero-order valence-corrected chi connectivity index (χ0v) is 15.9. The smallest absolute Gasteiger partial charge is 0.229 e. The van der Waals surface area contributed by atoms with Crippen LogP contribution in [0.4, 0.5) is 11.4 Å². The molecule has 142 valence electrons. The van der Waals surface area contributed by atoms with Gasteiger partial charge in [-0.3, -0.25) is 9.59 Å². The summed E-state index contributed by atoms with van der Waals surface area (Å²) >= 11 is 0. The molecule has 2 amide bonds. The van der Waals surface area contributed by atoms with Gasteiger partial charge in [0.05, 0.1) is 5.92 Å². The second kappa shape index (κ2) is 9.06. The van der Waals surface area contributed by atoms with E-state index in [1.54, 1.807) is 0 Å². The van der Waals surface area contributed by atoms with E-state index in [1.807, 2.05) is 17.0 Å². The van der Waals surface area contributed by atoms with Crippen molar-refractivity contribution in [1.82, 2.24) is 4.90 Å². The first-order chi connectivity index (χ1) is 12.7. The van der Waals surface area contributed by atoms with Crippen LogP contribution in [0.15, 0.2) is 24.3 Å². The predicted octanol–water partition coefficient (Wildman–Crippen LogP) is 3.65. The SMILES string of the molecule is CCCCCN1CC(C(=O)Nc2ccc(N3CCCCC3)cc2)CC1=O. The lowest BCUT2D eigenvalue weighted by molar-refractivity contribution is -0.128. The number of hydrogen-bond donors (Lipinski definition) is 1. The fraction of sp³-hybridized carbons (Fsp3) is 0.619. The van der Waals surface area contributed by atoms with Gasteiger partial charge in [0.1, 0.15) is 0 Å². The number of hydrogen-bond acceptors (Lipinski definition) is 3. The summed E-state index contributed by atoms with van der Waals surface area (Å²) in [6.45, 7) is 5.72. The van der Waals surface area contributed by atoms with Gasteiger partial charge in [0.15, 0.2) is 0 Å². The Balaban J connectivity index is 1.50. The summed E-state index contributed by atoms with van der Waals surface area (Å²) in [5.74, 6) is -0.158. The van der Waals surface area contributed by atoms with Crippen molar-refractivity contribution in [2.24, 2.45) is 5.92 Å². The van der Waals surface area contributed by atoms with Gasteiger partial charge >= 0.3 is 0 Å². The van der Waals surface area contributed by atoms with Gasteiger partial charge in [-0.15, -0.1) is 0 Å². The van der Waals surface area contributed by atoms with Gasteiger partial charge in [-0.25, -0.2) is 0 Å². The number of piperidine rings is 1. The Morgan fingerprint density at radius 1 is 1.12 bits per heavy atom. The average Bonchev–Trinajstić information content (AvgIpc) is 3.04. The summed E-state index contributed by atoms with van der Waals surface area (Å²) in [4.78, 5) is 28.9. The number of carbonyl (C=O) groups excluding carboxylic acids is 2. The molecule has 2 heterocycles. The number of carbonyl (C=O) groups is 2. The molecule has 5 nitrogen and oxygen atoms in total. The minimum Gasteiger partial charge on any atom is -0.372 e. The number of rotatable bonds is 7. The maximum Gasteiger partial charge on any atom is 0.229 e. The maximum absolute atomic E-state index is 12.5. The molecular formula is C21H31N3O2. The van der Waals surface area contributed by atoms with Crippen LogP contribution in [0.5, 0.6) is 0 Å². The number of amides is 2. The highest BCUT2D eigenvalue weighted by atomic mass is 16.2. The van der Waals surface area contributed by atoms with Crippen molar-refractivity contribution in [3.8, 4) is 0 Å². The monoisotopic (exact) mass is 357 g/mol. The molecule has 2 saturated heterocycles. The molecule has 0 radical (unpaired) electrons. The maximum atomic E-state index is 12.5. The summed E-state index contributed by atoms with van der Waals surface area (Å²) < 4.78 is 0. The Labute approximate surface area is 156 Å². The summed E-state index contributed by atoms with van der Waals surface area (Å²) in [7, 11) is 0. The molecule has 0 aromatic heterocycles. The van der Waals surface area contributed by atoms with Crippen LogP contribution < -0.4 is 10.2 Å². The summed E-state index contributed by atoms with van der Waals surface area (Å²) in [6.07, 6.45) is 7.45. The van der Waals surface area contributed by atoms with Crippen LogP contribution in [0.1, 0.15) is 51.9 Å². The standard InChI is InChI=1S/C21H31N3O2/c1-2-3-5-14-24-16-17(15-20(24)25)21(26)22-18-8-10-19(11-9-18)23-12-6-4-7-13-23/h8-11,17H,2-7,12-16H2,1H3,(H,22,26). The van der Waals surface area contributed by atoms with E-state index >= 15 is 0 Å². The van der Waals surface area contributed by atoms with Crippen LogP contribution >= 0.6 is 0 Å². The van der Waals surface area contributed by atoms with Gasteiger partial charge in [0.25, 0.3) is 0 Å². The molecule has 0 spiro atoms. The summed E-state index contributed by atoms with van der Waals surface area (Å²) in [6, 6.07) is 8.10. The third-order valence-electron chi connectivity index (χ3n) is 5.47. The summed E-state index contributed by atoms with van der Waals surface area (Å²) in [5.41, 5.74) is 2.04. The first-order valence-electron chi connectivity index (χ1n) is 10.1. The molecule has 0 aliphatic carbocycles. The molecular weight excluding hydrogens is 326 g/mol. The zero-order chi connectivity index (χ0) is 18.4. The lowest BCUT2D eigenvalue weighted by Gasteiger charge is -2.28. The molecule has 2 aliphatic rings. The minimum absolute atomic E-state index is 0.0398. The van der Waals surface area contributed by atoms with E-state index in [1.165, 1.54) is 24.9 Å². The minimum atomic E-state index is -0.231. The number of nitrogens with zero attached hydrogens (tertiary/aromatic N) is 2. The molecule has 3 rings (SSSR count). The average molecular weight is 357 g/mol. The van der Waals surface area contributed by atoms with Crippen LogP contribution in [0.25, 0.3) is 0 Å². The normalized spacial score (nSPS) is 20.5. The summed E-state index contributed by atoms with van der Waals surface area (Å²) in [5, 5.41) is 2.99. The van der Waals surface area contributed by atoms with E-state index in [4.69, 9.17) is 0 Å². The van der Waals surface area contributed by atoms with Crippen LogP contribution in [-0.2, 0) is 9.59 Å². The quantitative estimate of drug-likeness (QED) is 0.758. The molecule has 0 bridgehead atoms. The second-order valence-corrected chi connectivity index (χ2v) is 7.53. The molecule has 1 atom stereocenters. The van der Waals surface area contributed by atoms with Gasteiger partial charge in [-0.2, -0.15) is 0 Å². The molecule has 2 aliphatic heterocycles. The molecule has 1 unspecified atom stereocenters. The Kier molecular flexibility index (Phi) is 6.53. The van der Waals surface area contributed by atoms with Gasteiger partial charge in [0.2, 0.25) is 11.8 Å². The topological polar surface area (TPSA) is 52.7 Å². The molecule has 26 heavy (non-hydrogen) atoms. The van der Waals surface area contributed by atoms with Crippen molar-refractivity contribution >= 4 is 23.2 Å². The van der Waals surface area contributed by atoms with Gasteiger partial charge in [-0.05, 0) is 49.9 Å². The number of anilines is 2. The number of nitrogens with one attached hydrogen (secondary N) is 1. The largest absolute Gasteiger partial charge is 0.372 e. The van der Waals surface area contributed by atoms with Gasteiger partial charge in [0, 0.05) is 44.0 Å². The van der Waals surface area contributed by atoms with E-state index in [2.05, 4.69) is 29.3 Å². The highest BCUT2D eigenvalue weighted by Crippen LogP contribution is 2.24. The van der Waals surface area contributed by atoms with Crippen LogP contribution in [0.3, 0.4) is 0 Å². The van der Waals surface area contributed by atoms with Crippen molar-refractivity contribution in [2.45, 2.75) is 51.9 Å². The third-order valence-corrected chi connectivity index (χ3v) is 5.47. The molecule has 1 aromatic rings. The molecule has 2 fully saturated rings. The Morgan fingerprint density at radius 2 is 1.85 bits per heavy atom. The predicted molar refractivity (Wildman–Crippen MR) is 105 cm³/mol. The van der Waals surface area contributed by atoms with Crippen molar-refractivity contribution in [3.05, 3.63) is 24.3 Å². The van der Waals surface area contributed by atoms with Gasteiger partial charge in [-0.1, -0.05) is 19.8 Å². The van der Waals surface area contributed by atoms with Crippen molar-refractivity contribution in [1.29, 1.82) is 0 Å².